The van der Waals surface area contributed by atoms with Gasteiger partial charge < -0.3 is 14.7 Å². The number of ether oxygens (including phenoxy) is 1. The Hall–Kier alpha value is -3.68. The molecule has 1 saturated heterocycles. The Bertz CT molecular complexity index is 1100. The van der Waals surface area contributed by atoms with Crippen molar-refractivity contribution in [3.05, 3.63) is 66.7 Å². The molecule has 1 amide bonds. The summed E-state index contributed by atoms with van der Waals surface area (Å²) in [5.41, 5.74) is 2.06. The molecule has 2 aromatic heterocycles. The zero-order valence-electron chi connectivity index (χ0n) is 16.8. The molecule has 31 heavy (non-hydrogen) atoms. The van der Waals surface area contributed by atoms with Crippen LogP contribution in [0.2, 0.25) is 0 Å². The number of aromatic nitrogens is 3. The number of pyridine rings is 1. The molecule has 5 rings (SSSR count). The van der Waals surface area contributed by atoms with Crippen molar-refractivity contribution in [2.24, 2.45) is 11.8 Å². The molecule has 0 spiro atoms. The van der Waals surface area contributed by atoms with Crippen LogP contribution in [0.4, 0.5) is 4.79 Å². The van der Waals surface area contributed by atoms with E-state index < -0.39 is 5.97 Å². The standard InChI is InChI=1S/C23H22N4O4/c28-22(29)21-6-9-27(25-21)23(30)26-13-17-11-20(12-18(17)14-26)31-19-3-1-2-16(10-19)15-4-7-24-8-5-15/h1-10,17-18,20H,11-14H2,(H,28,29). The van der Waals surface area contributed by atoms with E-state index in [9.17, 15) is 9.59 Å². The van der Waals surface area contributed by atoms with Gasteiger partial charge in [0.1, 0.15) is 5.75 Å². The smallest absolute Gasteiger partial charge is 0.356 e. The minimum Gasteiger partial charge on any atom is -0.490 e. The number of carbonyl (C=O) groups is 2. The Morgan fingerprint density at radius 2 is 1.74 bits per heavy atom. The Labute approximate surface area is 179 Å². The molecule has 1 saturated carbocycles. The first-order valence-corrected chi connectivity index (χ1v) is 10.3. The topological polar surface area (TPSA) is 97.5 Å². The summed E-state index contributed by atoms with van der Waals surface area (Å²) in [5.74, 6) is 0.474. The van der Waals surface area contributed by atoms with Crippen molar-refractivity contribution in [2.75, 3.05) is 13.1 Å². The number of fused-ring (bicyclic) bond motifs is 1. The number of hydrogen-bond donors (Lipinski definition) is 1. The molecule has 1 aliphatic carbocycles. The fourth-order valence-electron chi connectivity index (χ4n) is 4.67. The highest BCUT2D eigenvalue weighted by Gasteiger charge is 2.43. The van der Waals surface area contributed by atoms with E-state index in [2.05, 4.69) is 22.2 Å². The minimum absolute atomic E-state index is 0.128. The van der Waals surface area contributed by atoms with Crippen molar-refractivity contribution in [1.29, 1.82) is 0 Å². The van der Waals surface area contributed by atoms with Crippen LogP contribution in [0.5, 0.6) is 5.75 Å². The Morgan fingerprint density at radius 3 is 2.42 bits per heavy atom. The first kappa shape index (κ1) is 19.3. The summed E-state index contributed by atoms with van der Waals surface area (Å²) in [7, 11) is 0. The van der Waals surface area contributed by atoms with Crippen molar-refractivity contribution in [1.82, 2.24) is 19.7 Å². The number of aromatic carboxylic acids is 1. The maximum atomic E-state index is 12.7. The van der Waals surface area contributed by atoms with E-state index in [1.807, 2.05) is 24.3 Å². The molecule has 2 atom stereocenters. The lowest BCUT2D eigenvalue weighted by Crippen LogP contribution is -2.34. The van der Waals surface area contributed by atoms with Crippen LogP contribution >= 0.6 is 0 Å². The molecule has 1 aliphatic heterocycles. The summed E-state index contributed by atoms with van der Waals surface area (Å²) in [6.45, 7) is 1.28. The van der Waals surface area contributed by atoms with Crippen molar-refractivity contribution in [3.63, 3.8) is 0 Å². The van der Waals surface area contributed by atoms with Gasteiger partial charge in [-0.3, -0.25) is 4.98 Å². The number of amides is 1. The zero-order chi connectivity index (χ0) is 21.4. The molecule has 8 heteroatoms. The van der Waals surface area contributed by atoms with Crippen LogP contribution in [0.1, 0.15) is 23.3 Å². The van der Waals surface area contributed by atoms with Gasteiger partial charge in [-0.15, -0.1) is 0 Å². The number of carboxylic acids is 1. The van der Waals surface area contributed by atoms with Crippen LogP contribution in [-0.2, 0) is 0 Å². The summed E-state index contributed by atoms with van der Waals surface area (Å²) in [5, 5.41) is 12.8. The minimum atomic E-state index is -1.14. The molecule has 3 heterocycles. The molecule has 8 nitrogen and oxygen atoms in total. The van der Waals surface area contributed by atoms with E-state index in [0.29, 0.717) is 24.9 Å². The fraction of sp³-hybridized carbons (Fsp3) is 0.304. The molecule has 2 aliphatic rings. The van der Waals surface area contributed by atoms with Gasteiger partial charge in [0.05, 0.1) is 6.10 Å². The molecule has 0 radical (unpaired) electrons. The van der Waals surface area contributed by atoms with Gasteiger partial charge in [-0.1, -0.05) is 12.1 Å². The average molecular weight is 418 g/mol. The second-order valence-corrected chi connectivity index (χ2v) is 8.13. The monoisotopic (exact) mass is 418 g/mol. The van der Waals surface area contributed by atoms with E-state index in [1.165, 1.54) is 12.3 Å². The van der Waals surface area contributed by atoms with Crippen LogP contribution in [0, 0.1) is 11.8 Å². The number of likely N-dealkylation sites (tertiary alicyclic amines) is 1. The molecule has 3 aromatic rings. The Morgan fingerprint density at radius 1 is 1.00 bits per heavy atom. The SMILES string of the molecule is O=C(O)c1ccn(C(=O)N2CC3CC(Oc4cccc(-c5ccncc5)c4)CC3C2)n1. The number of carbonyl (C=O) groups excluding carboxylic acids is 1. The van der Waals surface area contributed by atoms with Crippen molar-refractivity contribution in [3.8, 4) is 16.9 Å². The molecule has 158 valence electrons. The van der Waals surface area contributed by atoms with Gasteiger partial charge in [-0.2, -0.15) is 9.78 Å². The van der Waals surface area contributed by atoms with Crippen LogP contribution in [-0.4, -0.2) is 56.0 Å². The molecule has 1 N–H and O–H groups in total. The summed E-state index contributed by atoms with van der Waals surface area (Å²) < 4.78 is 7.40. The van der Waals surface area contributed by atoms with Gasteiger partial charge >= 0.3 is 12.0 Å². The van der Waals surface area contributed by atoms with E-state index in [-0.39, 0.29) is 17.8 Å². The summed E-state index contributed by atoms with van der Waals surface area (Å²) in [6, 6.07) is 13.1. The highest BCUT2D eigenvalue weighted by atomic mass is 16.5. The molecular formula is C23H22N4O4. The van der Waals surface area contributed by atoms with Crippen LogP contribution in [0.25, 0.3) is 11.1 Å². The maximum Gasteiger partial charge on any atom is 0.356 e. The first-order chi connectivity index (χ1) is 15.1. The second-order valence-electron chi connectivity index (χ2n) is 8.13. The van der Waals surface area contributed by atoms with Gasteiger partial charge in [0.15, 0.2) is 5.69 Å². The lowest BCUT2D eigenvalue weighted by Gasteiger charge is -2.20. The van der Waals surface area contributed by atoms with Gasteiger partial charge in [0.25, 0.3) is 0 Å². The third kappa shape index (κ3) is 3.88. The largest absolute Gasteiger partial charge is 0.490 e. The second kappa shape index (κ2) is 7.86. The number of nitrogens with zero attached hydrogens (tertiary/aromatic N) is 4. The summed E-state index contributed by atoms with van der Waals surface area (Å²) in [6.07, 6.45) is 6.88. The van der Waals surface area contributed by atoms with Crippen molar-refractivity contribution in [2.45, 2.75) is 18.9 Å². The van der Waals surface area contributed by atoms with Gasteiger partial charge in [0.2, 0.25) is 0 Å². The summed E-state index contributed by atoms with van der Waals surface area (Å²) >= 11 is 0. The van der Waals surface area contributed by atoms with Crippen molar-refractivity contribution >= 4 is 12.0 Å². The van der Waals surface area contributed by atoms with Gasteiger partial charge in [-0.05, 0) is 66.1 Å². The van der Waals surface area contributed by atoms with Crippen LogP contribution in [0.15, 0.2) is 61.1 Å². The van der Waals surface area contributed by atoms with E-state index in [4.69, 9.17) is 9.84 Å². The fourth-order valence-corrected chi connectivity index (χ4v) is 4.67. The van der Waals surface area contributed by atoms with E-state index >= 15 is 0 Å². The number of benzene rings is 1. The molecule has 0 bridgehead atoms. The number of hydrogen-bond acceptors (Lipinski definition) is 5. The van der Waals surface area contributed by atoms with Gasteiger partial charge in [0, 0.05) is 31.7 Å². The predicted octanol–water partition coefficient (Wildman–Crippen LogP) is 3.40. The average Bonchev–Trinajstić information content (AvgIpc) is 3.49. The van der Waals surface area contributed by atoms with Crippen LogP contribution in [0.3, 0.4) is 0 Å². The third-order valence-electron chi connectivity index (χ3n) is 6.13. The summed E-state index contributed by atoms with van der Waals surface area (Å²) in [4.78, 5) is 29.5. The van der Waals surface area contributed by atoms with Gasteiger partial charge in [-0.25, -0.2) is 9.59 Å². The Kier molecular flexibility index (Phi) is 4.89. The van der Waals surface area contributed by atoms with E-state index in [1.54, 1.807) is 17.3 Å². The quantitative estimate of drug-likeness (QED) is 0.697. The van der Waals surface area contributed by atoms with E-state index in [0.717, 1.165) is 34.4 Å². The number of rotatable bonds is 4. The Balaban J connectivity index is 1.20. The molecule has 2 fully saturated rings. The highest BCUT2D eigenvalue weighted by Crippen LogP contribution is 2.40. The first-order valence-electron chi connectivity index (χ1n) is 10.3. The molecular weight excluding hydrogens is 396 g/mol. The lowest BCUT2D eigenvalue weighted by molar-refractivity contribution is 0.0690. The van der Waals surface area contributed by atoms with Crippen molar-refractivity contribution < 1.29 is 19.4 Å². The number of carboxylic acid groups (broad SMARTS) is 1. The third-order valence-corrected chi connectivity index (χ3v) is 6.13. The van der Waals surface area contributed by atoms with Crippen LogP contribution < -0.4 is 4.74 Å². The lowest BCUT2D eigenvalue weighted by atomic mass is 10.0. The zero-order valence-corrected chi connectivity index (χ0v) is 16.8. The highest BCUT2D eigenvalue weighted by molar-refractivity contribution is 5.86. The molecule has 2 unspecified atom stereocenters. The molecule has 1 aromatic carbocycles. The predicted molar refractivity (Wildman–Crippen MR) is 112 cm³/mol. The normalized spacial score (nSPS) is 22.3. The maximum absolute atomic E-state index is 12.7.